The third kappa shape index (κ3) is 5.48. The molecule has 1 fully saturated rings. The normalized spacial score (nSPS) is 12.9. The zero-order valence-electron chi connectivity index (χ0n) is 18.4. The molecule has 0 aliphatic heterocycles. The summed E-state index contributed by atoms with van der Waals surface area (Å²) < 4.78 is 21.4. The molecule has 0 spiro atoms. The van der Waals surface area contributed by atoms with Crippen LogP contribution in [0.2, 0.25) is 0 Å². The fourth-order valence-electron chi connectivity index (χ4n) is 3.24. The number of methoxy groups -OCH3 is 3. The molecule has 31 heavy (non-hydrogen) atoms. The molecular weight excluding hydrogens is 402 g/mol. The molecule has 1 aromatic heterocycles. The molecule has 9 heteroatoms. The van der Waals surface area contributed by atoms with Gasteiger partial charge in [0.2, 0.25) is 5.75 Å². The van der Waals surface area contributed by atoms with Gasteiger partial charge in [0.1, 0.15) is 0 Å². The van der Waals surface area contributed by atoms with Gasteiger partial charge in [-0.1, -0.05) is 12.1 Å². The van der Waals surface area contributed by atoms with Gasteiger partial charge in [-0.3, -0.25) is 9.59 Å². The number of carbonyl (C=O) groups excluding carboxylic acids is 2. The number of benzene rings is 1. The van der Waals surface area contributed by atoms with Gasteiger partial charge in [-0.15, -0.1) is 0 Å². The van der Waals surface area contributed by atoms with Crippen LogP contribution in [0.25, 0.3) is 0 Å². The predicted octanol–water partition coefficient (Wildman–Crippen LogP) is 2.89. The first-order valence-electron chi connectivity index (χ1n) is 10.3. The summed E-state index contributed by atoms with van der Waals surface area (Å²) in [7, 11) is 4.51. The van der Waals surface area contributed by atoms with Gasteiger partial charge in [-0.25, -0.2) is 0 Å². The first-order valence-corrected chi connectivity index (χ1v) is 10.3. The molecule has 9 nitrogen and oxygen atoms in total. The van der Waals surface area contributed by atoms with Crippen molar-refractivity contribution in [2.45, 2.75) is 32.7 Å². The topological polar surface area (TPSA) is 103 Å². The van der Waals surface area contributed by atoms with Gasteiger partial charge < -0.3 is 29.0 Å². The fourth-order valence-corrected chi connectivity index (χ4v) is 3.24. The predicted molar refractivity (Wildman–Crippen MR) is 113 cm³/mol. The average Bonchev–Trinajstić information content (AvgIpc) is 3.51. The summed E-state index contributed by atoms with van der Waals surface area (Å²) in [5.74, 6) is 1.74. The van der Waals surface area contributed by atoms with Crippen LogP contribution in [0.15, 0.2) is 22.7 Å². The molecule has 0 atom stereocenters. The van der Waals surface area contributed by atoms with Crippen molar-refractivity contribution in [3.63, 3.8) is 0 Å². The van der Waals surface area contributed by atoms with E-state index in [1.807, 2.05) is 6.92 Å². The van der Waals surface area contributed by atoms with Crippen LogP contribution in [0.5, 0.6) is 17.2 Å². The molecule has 1 heterocycles. The van der Waals surface area contributed by atoms with E-state index in [-0.39, 0.29) is 24.1 Å². The zero-order chi connectivity index (χ0) is 22.4. The second-order valence-corrected chi connectivity index (χ2v) is 7.47. The molecule has 1 aliphatic carbocycles. The minimum absolute atomic E-state index is 0.187. The molecule has 1 saturated carbocycles. The number of rotatable bonds is 11. The SMILES string of the molecule is CCCN(Cc1cc(C(=O)NCC2CC2)no1)C(=O)c1cc(OC)c(OC)c(OC)c1. The lowest BCUT2D eigenvalue weighted by atomic mass is 10.1. The molecule has 0 unspecified atom stereocenters. The largest absolute Gasteiger partial charge is 0.493 e. The van der Waals surface area contributed by atoms with Crippen molar-refractivity contribution in [3.05, 3.63) is 35.2 Å². The second kappa shape index (κ2) is 10.2. The number of nitrogens with zero attached hydrogens (tertiary/aromatic N) is 2. The molecule has 2 aromatic rings. The van der Waals surface area contributed by atoms with Crippen molar-refractivity contribution in [1.29, 1.82) is 0 Å². The number of aromatic nitrogens is 1. The standard InChI is InChI=1S/C22H29N3O6/c1-5-8-25(13-16-11-17(24-31-16)21(26)23-12-14-6-7-14)22(27)15-9-18(28-2)20(30-4)19(10-15)29-3/h9-11,14H,5-8,12-13H2,1-4H3,(H,23,26). The number of carbonyl (C=O) groups is 2. The van der Waals surface area contributed by atoms with Crippen LogP contribution >= 0.6 is 0 Å². The molecule has 0 radical (unpaired) electrons. The van der Waals surface area contributed by atoms with Gasteiger partial charge in [0.15, 0.2) is 23.0 Å². The van der Waals surface area contributed by atoms with Crippen molar-refractivity contribution >= 4 is 11.8 Å². The Kier molecular flexibility index (Phi) is 7.38. The second-order valence-electron chi connectivity index (χ2n) is 7.47. The molecule has 2 amide bonds. The number of ether oxygens (including phenoxy) is 3. The smallest absolute Gasteiger partial charge is 0.273 e. The molecule has 168 valence electrons. The maximum atomic E-state index is 13.2. The van der Waals surface area contributed by atoms with Crippen molar-refractivity contribution in [2.75, 3.05) is 34.4 Å². The summed E-state index contributed by atoms with van der Waals surface area (Å²) in [5, 5.41) is 6.71. The van der Waals surface area contributed by atoms with Crippen LogP contribution in [0, 0.1) is 5.92 Å². The highest BCUT2D eigenvalue weighted by Crippen LogP contribution is 2.38. The molecule has 1 aromatic carbocycles. The third-order valence-electron chi connectivity index (χ3n) is 5.08. The van der Waals surface area contributed by atoms with E-state index < -0.39 is 0 Å². The van der Waals surface area contributed by atoms with Gasteiger partial charge >= 0.3 is 0 Å². The van der Waals surface area contributed by atoms with Gasteiger partial charge in [-0.05, 0) is 37.3 Å². The Morgan fingerprint density at radius 3 is 2.35 bits per heavy atom. The van der Waals surface area contributed by atoms with Crippen LogP contribution < -0.4 is 19.5 Å². The zero-order valence-corrected chi connectivity index (χ0v) is 18.4. The molecule has 0 bridgehead atoms. The van der Waals surface area contributed by atoms with Crippen LogP contribution in [0.1, 0.15) is 52.8 Å². The molecule has 1 N–H and O–H groups in total. The minimum atomic E-state index is -0.264. The number of hydrogen-bond donors (Lipinski definition) is 1. The number of hydrogen-bond acceptors (Lipinski definition) is 7. The Hall–Kier alpha value is -3.23. The molecular formula is C22H29N3O6. The quantitative estimate of drug-likeness (QED) is 0.583. The monoisotopic (exact) mass is 431 g/mol. The summed E-state index contributed by atoms with van der Waals surface area (Å²) in [6.45, 7) is 3.32. The summed E-state index contributed by atoms with van der Waals surface area (Å²) in [4.78, 5) is 27.1. The van der Waals surface area contributed by atoms with Gasteiger partial charge in [0, 0.05) is 24.7 Å². The Morgan fingerprint density at radius 2 is 1.81 bits per heavy atom. The summed E-state index contributed by atoms with van der Waals surface area (Å²) >= 11 is 0. The highest BCUT2D eigenvalue weighted by atomic mass is 16.5. The third-order valence-corrected chi connectivity index (χ3v) is 5.08. The van der Waals surface area contributed by atoms with E-state index >= 15 is 0 Å². The van der Waals surface area contributed by atoms with E-state index in [9.17, 15) is 9.59 Å². The first kappa shape index (κ1) is 22.5. The van der Waals surface area contributed by atoms with Crippen molar-refractivity contribution < 1.29 is 28.3 Å². The van der Waals surface area contributed by atoms with Crippen LogP contribution in [0.4, 0.5) is 0 Å². The van der Waals surface area contributed by atoms with Gasteiger partial charge in [0.25, 0.3) is 11.8 Å². The van der Waals surface area contributed by atoms with Gasteiger partial charge in [0.05, 0.1) is 27.9 Å². The Labute approximate surface area is 181 Å². The van der Waals surface area contributed by atoms with E-state index in [4.69, 9.17) is 18.7 Å². The highest BCUT2D eigenvalue weighted by molar-refractivity contribution is 5.96. The van der Waals surface area contributed by atoms with Gasteiger partial charge in [-0.2, -0.15) is 0 Å². The van der Waals surface area contributed by atoms with E-state index in [0.29, 0.717) is 47.6 Å². The van der Waals surface area contributed by atoms with Crippen LogP contribution in [-0.2, 0) is 6.54 Å². The van der Waals surface area contributed by atoms with Crippen molar-refractivity contribution in [2.24, 2.45) is 5.92 Å². The van der Waals surface area contributed by atoms with E-state index in [1.54, 1.807) is 23.1 Å². The molecule has 1 aliphatic rings. The van der Waals surface area contributed by atoms with Crippen LogP contribution in [-0.4, -0.2) is 56.3 Å². The van der Waals surface area contributed by atoms with Crippen LogP contribution in [0.3, 0.4) is 0 Å². The Balaban J connectivity index is 1.76. The highest BCUT2D eigenvalue weighted by Gasteiger charge is 2.24. The van der Waals surface area contributed by atoms with Crippen molar-refractivity contribution in [3.8, 4) is 17.2 Å². The van der Waals surface area contributed by atoms with Crippen molar-refractivity contribution in [1.82, 2.24) is 15.4 Å². The summed E-state index contributed by atoms with van der Waals surface area (Å²) in [6.07, 6.45) is 3.05. The van der Waals surface area contributed by atoms with E-state index in [2.05, 4.69) is 10.5 Å². The van der Waals surface area contributed by atoms with E-state index in [0.717, 1.165) is 19.3 Å². The Morgan fingerprint density at radius 1 is 1.13 bits per heavy atom. The number of nitrogens with one attached hydrogen (secondary N) is 1. The number of amides is 2. The lowest BCUT2D eigenvalue weighted by Crippen LogP contribution is -2.31. The summed E-state index contributed by atoms with van der Waals surface area (Å²) in [6, 6.07) is 4.81. The minimum Gasteiger partial charge on any atom is -0.493 e. The lowest BCUT2D eigenvalue weighted by molar-refractivity contribution is 0.0726. The Bertz CT molecular complexity index is 897. The maximum absolute atomic E-state index is 13.2. The molecule has 3 rings (SSSR count). The first-order chi connectivity index (χ1) is 15.0. The molecule has 0 saturated heterocycles. The lowest BCUT2D eigenvalue weighted by Gasteiger charge is -2.22. The average molecular weight is 431 g/mol. The van der Waals surface area contributed by atoms with E-state index in [1.165, 1.54) is 21.3 Å². The fraction of sp³-hybridized carbons (Fsp3) is 0.500. The summed E-state index contributed by atoms with van der Waals surface area (Å²) in [5.41, 5.74) is 0.609. The maximum Gasteiger partial charge on any atom is 0.273 e.